The Morgan fingerprint density at radius 2 is 2.14 bits per heavy atom. The van der Waals surface area contributed by atoms with E-state index in [9.17, 15) is 9.59 Å². The van der Waals surface area contributed by atoms with Gasteiger partial charge >= 0.3 is 6.09 Å². The normalized spacial score (nSPS) is 23.4. The fourth-order valence-electron chi connectivity index (χ4n) is 3.19. The summed E-state index contributed by atoms with van der Waals surface area (Å²) in [5, 5.41) is 0. The number of carbonyl (C=O) groups excluding carboxylic acids is 1. The number of pyridine rings is 1. The lowest BCUT2D eigenvalue weighted by Crippen LogP contribution is -2.41. The Kier molecular flexibility index (Phi) is 3.11. The van der Waals surface area contributed by atoms with Crippen LogP contribution in [0.25, 0.3) is 0 Å². The lowest BCUT2D eigenvalue weighted by Gasteiger charge is -2.28. The van der Waals surface area contributed by atoms with Crippen LogP contribution in [0.2, 0.25) is 0 Å². The summed E-state index contributed by atoms with van der Waals surface area (Å²) in [5.74, 6) is 0.224. The maximum Gasteiger partial charge on any atom is 0.410 e. The van der Waals surface area contributed by atoms with Crippen LogP contribution in [0.1, 0.15) is 51.5 Å². The van der Waals surface area contributed by atoms with Gasteiger partial charge in [0.15, 0.2) is 0 Å². The van der Waals surface area contributed by atoms with Crippen LogP contribution in [0.4, 0.5) is 4.79 Å². The van der Waals surface area contributed by atoms with Crippen molar-refractivity contribution in [1.29, 1.82) is 0 Å². The fraction of sp³-hybridized carbons (Fsp3) is 0.625. The molecular formula is C16H22N2O3. The number of nitrogens with one attached hydrogen (secondary N) is 1. The average molecular weight is 290 g/mol. The van der Waals surface area contributed by atoms with Gasteiger partial charge in [-0.3, -0.25) is 4.79 Å². The monoisotopic (exact) mass is 290 g/mol. The Morgan fingerprint density at radius 1 is 1.43 bits per heavy atom. The molecule has 1 aliphatic carbocycles. The Labute approximate surface area is 124 Å². The quantitative estimate of drug-likeness (QED) is 0.865. The number of hydrogen-bond donors (Lipinski definition) is 1. The Balaban J connectivity index is 1.79. The number of rotatable bonds is 1. The van der Waals surface area contributed by atoms with Crippen molar-refractivity contribution < 1.29 is 9.53 Å². The predicted molar refractivity (Wildman–Crippen MR) is 79.3 cm³/mol. The summed E-state index contributed by atoms with van der Waals surface area (Å²) in [6.07, 6.45) is 4.44. The van der Waals surface area contributed by atoms with E-state index in [0.29, 0.717) is 6.54 Å². The van der Waals surface area contributed by atoms with Crippen LogP contribution >= 0.6 is 0 Å². The molecule has 21 heavy (non-hydrogen) atoms. The Bertz CT molecular complexity index is 610. The van der Waals surface area contributed by atoms with Crippen LogP contribution in [0, 0.1) is 0 Å². The molecule has 0 aromatic carbocycles. The fourth-order valence-corrected chi connectivity index (χ4v) is 3.19. The molecule has 2 fully saturated rings. The predicted octanol–water partition coefficient (Wildman–Crippen LogP) is 2.63. The van der Waals surface area contributed by atoms with Crippen LogP contribution < -0.4 is 5.56 Å². The molecule has 1 saturated heterocycles. The minimum absolute atomic E-state index is 0.0321. The molecule has 1 amide bonds. The van der Waals surface area contributed by atoms with E-state index < -0.39 is 5.60 Å². The second-order valence-electron chi connectivity index (χ2n) is 7.20. The third-order valence-electron chi connectivity index (χ3n) is 4.31. The van der Waals surface area contributed by atoms with E-state index in [1.807, 2.05) is 31.7 Å². The molecule has 0 unspecified atom stereocenters. The summed E-state index contributed by atoms with van der Waals surface area (Å²) < 4.78 is 5.52. The maximum atomic E-state index is 12.4. The molecule has 5 heteroatoms. The van der Waals surface area contributed by atoms with Gasteiger partial charge in [0.1, 0.15) is 5.60 Å². The molecule has 5 nitrogen and oxygen atoms in total. The second kappa shape index (κ2) is 4.61. The minimum atomic E-state index is -0.477. The highest BCUT2D eigenvalue weighted by atomic mass is 16.6. The average Bonchev–Trinajstić information content (AvgIpc) is 2.99. The third kappa shape index (κ3) is 2.82. The zero-order valence-electron chi connectivity index (χ0n) is 12.8. The largest absolute Gasteiger partial charge is 0.444 e. The van der Waals surface area contributed by atoms with Gasteiger partial charge in [0.05, 0.1) is 0 Å². The molecule has 1 N–H and O–H groups in total. The van der Waals surface area contributed by atoms with Gasteiger partial charge in [-0.15, -0.1) is 0 Å². The van der Waals surface area contributed by atoms with E-state index >= 15 is 0 Å². The summed E-state index contributed by atoms with van der Waals surface area (Å²) in [7, 11) is 0. The van der Waals surface area contributed by atoms with Gasteiger partial charge in [-0.2, -0.15) is 0 Å². The van der Waals surface area contributed by atoms with Gasteiger partial charge in [-0.25, -0.2) is 4.79 Å². The molecule has 0 radical (unpaired) electrons. The first-order valence-electron chi connectivity index (χ1n) is 7.48. The number of H-pyrrole nitrogens is 1. The van der Waals surface area contributed by atoms with Crippen LogP contribution in [-0.2, 0) is 4.74 Å². The number of aromatic amines is 1. The summed E-state index contributed by atoms with van der Waals surface area (Å²) in [5.41, 5.74) is 0.411. The van der Waals surface area contributed by atoms with Gasteiger partial charge in [-0.05, 0) is 51.7 Å². The number of ether oxygens (including phenoxy) is 1. The first-order chi connectivity index (χ1) is 9.79. The van der Waals surface area contributed by atoms with Crippen LogP contribution in [0.3, 0.4) is 0 Å². The zero-order valence-corrected chi connectivity index (χ0v) is 12.8. The van der Waals surface area contributed by atoms with Crippen molar-refractivity contribution in [1.82, 2.24) is 9.88 Å². The van der Waals surface area contributed by atoms with Gasteiger partial charge in [0.2, 0.25) is 5.56 Å². The van der Waals surface area contributed by atoms with Crippen molar-refractivity contribution in [3.05, 3.63) is 34.2 Å². The van der Waals surface area contributed by atoms with Crippen molar-refractivity contribution in [3.8, 4) is 0 Å². The maximum absolute atomic E-state index is 12.4. The van der Waals surface area contributed by atoms with Gasteiger partial charge < -0.3 is 14.6 Å². The van der Waals surface area contributed by atoms with Crippen molar-refractivity contribution in [3.63, 3.8) is 0 Å². The number of aromatic nitrogens is 1. The number of hydrogen-bond acceptors (Lipinski definition) is 3. The second-order valence-corrected chi connectivity index (χ2v) is 7.20. The molecule has 1 spiro atoms. The molecule has 1 aromatic heterocycles. The first kappa shape index (κ1) is 14.2. The van der Waals surface area contributed by atoms with Crippen LogP contribution in [0.5, 0.6) is 0 Å². The topological polar surface area (TPSA) is 62.4 Å². The Hall–Kier alpha value is -1.78. The highest BCUT2D eigenvalue weighted by Gasteiger charge is 2.57. The lowest BCUT2D eigenvalue weighted by atomic mass is 9.96. The molecule has 1 aliphatic heterocycles. The highest BCUT2D eigenvalue weighted by molar-refractivity contribution is 5.70. The van der Waals surface area contributed by atoms with Crippen molar-refractivity contribution in [2.45, 2.75) is 57.1 Å². The molecule has 2 heterocycles. The molecule has 114 valence electrons. The van der Waals surface area contributed by atoms with E-state index in [-0.39, 0.29) is 23.1 Å². The van der Waals surface area contributed by atoms with E-state index in [4.69, 9.17) is 4.74 Å². The van der Waals surface area contributed by atoms with E-state index in [1.54, 1.807) is 12.3 Å². The van der Waals surface area contributed by atoms with Crippen molar-refractivity contribution >= 4 is 6.09 Å². The molecule has 2 aliphatic rings. The highest BCUT2D eigenvalue weighted by Crippen LogP contribution is 2.54. The summed E-state index contributed by atoms with van der Waals surface area (Å²) in [6, 6.07) is 3.57. The van der Waals surface area contributed by atoms with Gasteiger partial charge in [0, 0.05) is 30.3 Å². The number of likely N-dealkylation sites (tertiary alicyclic amines) is 1. The molecule has 3 rings (SSSR count). The van der Waals surface area contributed by atoms with Gasteiger partial charge in [0.25, 0.3) is 0 Å². The molecule has 0 bridgehead atoms. The number of amides is 1. The summed E-state index contributed by atoms with van der Waals surface area (Å²) in [4.78, 5) is 28.4. The summed E-state index contributed by atoms with van der Waals surface area (Å²) in [6.45, 7) is 6.29. The summed E-state index contributed by atoms with van der Waals surface area (Å²) >= 11 is 0. The third-order valence-corrected chi connectivity index (χ3v) is 4.31. The van der Waals surface area contributed by atoms with Crippen LogP contribution in [-0.4, -0.2) is 33.7 Å². The first-order valence-corrected chi connectivity index (χ1v) is 7.48. The molecule has 1 saturated carbocycles. The Morgan fingerprint density at radius 3 is 2.71 bits per heavy atom. The smallest absolute Gasteiger partial charge is 0.410 e. The van der Waals surface area contributed by atoms with Gasteiger partial charge in [-0.1, -0.05) is 0 Å². The van der Waals surface area contributed by atoms with Crippen molar-refractivity contribution in [2.75, 3.05) is 6.54 Å². The lowest BCUT2D eigenvalue weighted by molar-refractivity contribution is 0.0202. The SMILES string of the molecule is CC(C)(C)OC(=O)N1C[C@@H](c2cc[nH]c(=O)c2)CC12CC2. The number of nitrogens with zero attached hydrogens (tertiary/aromatic N) is 1. The van der Waals surface area contributed by atoms with E-state index in [0.717, 1.165) is 24.8 Å². The van der Waals surface area contributed by atoms with E-state index in [1.165, 1.54) is 0 Å². The van der Waals surface area contributed by atoms with Crippen molar-refractivity contribution in [2.24, 2.45) is 0 Å². The molecule has 1 atom stereocenters. The zero-order chi connectivity index (χ0) is 15.3. The minimum Gasteiger partial charge on any atom is -0.444 e. The molecular weight excluding hydrogens is 268 g/mol. The van der Waals surface area contributed by atoms with Crippen LogP contribution in [0.15, 0.2) is 23.1 Å². The molecule has 1 aromatic rings. The number of carbonyl (C=O) groups is 1. The standard InChI is InChI=1S/C16H22N2O3/c1-15(2,3)21-14(20)18-10-12(9-16(18)5-6-16)11-4-7-17-13(19)8-11/h4,7-8,12H,5-6,9-10H2,1-3H3,(H,17,19)/t12-/m0/s1. The van der Waals surface area contributed by atoms with E-state index in [2.05, 4.69) is 4.98 Å².